The van der Waals surface area contributed by atoms with Crippen LogP contribution in [0.5, 0.6) is 5.75 Å². The van der Waals surface area contributed by atoms with Crippen LogP contribution in [-0.2, 0) is 17.6 Å². The van der Waals surface area contributed by atoms with Gasteiger partial charge < -0.3 is 14.8 Å². The zero-order valence-electron chi connectivity index (χ0n) is 16.7. The molecule has 150 valence electrons. The van der Waals surface area contributed by atoms with Gasteiger partial charge >= 0.3 is 5.97 Å². The van der Waals surface area contributed by atoms with Crippen molar-refractivity contribution in [1.82, 2.24) is 0 Å². The van der Waals surface area contributed by atoms with E-state index in [1.165, 1.54) is 23.3 Å². The normalized spacial score (nSPS) is 13.1. The molecule has 0 atom stereocenters. The van der Waals surface area contributed by atoms with Crippen LogP contribution in [0.4, 0.5) is 5.00 Å². The fraction of sp³-hybridized carbons (Fsp3) is 0.455. The van der Waals surface area contributed by atoms with Crippen LogP contribution in [-0.4, -0.2) is 25.6 Å². The van der Waals surface area contributed by atoms with Gasteiger partial charge in [0.1, 0.15) is 10.8 Å². The molecule has 1 N–H and O–H groups in total. The summed E-state index contributed by atoms with van der Waals surface area (Å²) in [6, 6.07) is 7.09. The Hall–Kier alpha value is -2.34. The lowest BCUT2D eigenvalue weighted by molar-refractivity contribution is 0.0601. The lowest BCUT2D eigenvalue weighted by Crippen LogP contribution is -2.15. The van der Waals surface area contributed by atoms with E-state index in [1.54, 1.807) is 24.3 Å². The van der Waals surface area contributed by atoms with Gasteiger partial charge in [-0.1, -0.05) is 13.8 Å². The standard InChI is InChI=1S/C22H27NO4S/c1-14(2)12-13-27-16-10-8-15(9-11-16)20(24)23-21-19(22(25)26-3)17-6-4-5-7-18(17)28-21/h8-11,14H,4-7,12-13H2,1-3H3,(H,23,24). The minimum atomic E-state index is -0.386. The first-order chi connectivity index (χ1) is 13.5. The minimum absolute atomic E-state index is 0.238. The molecule has 6 heteroatoms. The van der Waals surface area contributed by atoms with Crippen molar-refractivity contribution in [3.63, 3.8) is 0 Å². The molecule has 1 aromatic heterocycles. The predicted molar refractivity (Wildman–Crippen MR) is 112 cm³/mol. The number of benzene rings is 1. The minimum Gasteiger partial charge on any atom is -0.494 e. The fourth-order valence-electron chi connectivity index (χ4n) is 3.26. The number of ether oxygens (including phenoxy) is 2. The van der Waals surface area contributed by atoms with Gasteiger partial charge in [0.2, 0.25) is 0 Å². The maximum absolute atomic E-state index is 12.7. The second-order valence-corrected chi connectivity index (χ2v) is 8.52. The van der Waals surface area contributed by atoms with Crippen molar-refractivity contribution in [3.8, 4) is 5.75 Å². The topological polar surface area (TPSA) is 64.6 Å². The summed E-state index contributed by atoms with van der Waals surface area (Å²) in [6.07, 6.45) is 4.96. The van der Waals surface area contributed by atoms with Crippen LogP contribution in [0.3, 0.4) is 0 Å². The molecule has 1 heterocycles. The van der Waals surface area contributed by atoms with Crippen LogP contribution in [0.15, 0.2) is 24.3 Å². The van der Waals surface area contributed by atoms with Crippen molar-refractivity contribution in [2.24, 2.45) is 5.92 Å². The molecule has 1 aromatic carbocycles. The van der Waals surface area contributed by atoms with Crippen LogP contribution in [0.25, 0.3) is 0 Å². The zero-order chi connectivity index (χ0) is 20.1. The number of fused-ring (bicyclic) bond motifs is 1. The van der Waals surface area contributed by atoms with Crippen LogP contribution >= 0.6 is 11.3 Å². The number of carbonyl (C=O) groups excluding carboxylic acids is 2. The maximum Gasteiger partial charge on any atom is 0.341 e. The molecular weight excluding hydrogens is 374 g/mol. The summed E-state index contributed by atoms with van der Waals surface area (Å²) >= 11 is 1.49. The molecular formula is C22H27NO4S. The Kier molecular flexibility index (Phi) is 6.73. The van der Waals surface area contributed by atoms with Crippen molar-refractivity contribution in [1.29, 1.82) is 0 Å². The molecule has 0 saturated carbocycles. The number of hydrogen-bond donors (Lipinski definition) is 1. The van der Waals surface area contributed by atoms with Crippen LogP contribution in [0, 0.1) is 5.92 Å². The molecule has 1 aliphatic rings. The summed E-state index contributed by atoms with van der Waals surface area (Å²) in [6.45, 7) is 4.97. The largest absolute Gasteiger partial charge is 0.494 e. The van der Waals surface area contributed by atoms with Gasteiger partial charge in [0.05, 0.1) is 19.3 Å². The summed E-state index contributed by atoms with van der Waals surface area (Å²) < 4.78 is 10.7. The Morgan fingerprint density at radius 3 is 2.54 bits per heavy atom. The summed E-state index contributed by atoms with van der Waals surface area (Å²) in [5.74, 6) is 0.714. The Balaban J connectivity index is 1.72. The number of esters is 1. The highest BCUT2D eigenvalue weighted by Crippen LogP contribution is 2.38. The van der Waals surface area contributed by atoms with Crippen LogP contribution < -0.4 is 10.1 Å². The van der Waals surface area contributed by atoms with Gasteiger partial charge in [-0.15, -0.1) is 11.3 Å². The molecule has 0 bridgehead atoms. The summed E-state index contributed by atoms with van der Waals surface area (Å²) in [5.41, 5.74) is 2.08. The van der Waals surface area contributed by atoms with E-state index >= 15 is 0 Å². The van der Waals surface area contributed by atoms with E-state index < -0.39 is 0 Å². The van der Waals surface area contributed by atoms with E-state index in [9.17, 15) is 9.59 Å². The van der Waals surface area contributed by atoms with Crippen molar-refractivity contribution < 1.29 is 19.1 Å². The van der Waals surface area contributed by atoms with E-state index in [2.05, 4.69) is 19.2 Å². The van der Waals surface area contributed by atoms with Gasteiger partial charge in [0.15, 0.2) is 0 Å². The molecule has 1 amide bonds. The Bertz CT molecular complexity index is 839. The van der Waals surface area contributed by atoms with Gasteiger partial charge in [-0.2, -0.15) is 0 Å². The van der Waals surface area contributed by atoms with Gasteiger partial charge in [0.25, 0.3) is 5.91 Å². The highest BCUT2D eigenvalue weighted by atomic mass is 32.1. The lowest BCUT2D eigenvalue weighted by Gasteiger charge is -2.12. The average Bonchev–Trinajstić information content (AvgIpc) is 3.05. The molecule has 0 spiro atoms. The zero-order valence-corrected chi connectivity index (χ0v) is 17.5. The summed E-state index contributed by atoms with van der Waals surface area (Å²) in [5, 5.41) is 3.50. The Labute approximate surface area is 170 Å². The van der Waals surface area contributed by atoms with Gasteiger partial charge in [0, 0.05) is 10.4 Å². The number of anilines is 1. The molecule has 0 saturated heterocycles. The average molecular weight is 402 g/mol. The maximum atomic E-state index is 12.7. The van der Waals surface area contributed by atoms with E-state index in [4.69, 9.17) is 9.47 Å². The predicted octanol–water partition coefficient (Wildman–Crippen LogP) is 5.09. The first-order valence-electron chi connectivity index (χ1n) is 9.76. The van der Waals surface area contributed by atoms with Crippen molar-refractivity contribution in [2.75, 3.05) is 19.0 Å². The monoisotopic (exact) mass is 401 g/mol. The first kappa shape index (κ1) is 20.4. The van der Waals surface area contributed by atoms with E-state index in [0.717, 1.165) is 43.4 Å². The van der Waals surface area contributed by atoms with Crippen LogP contribution in [0.1, 0.15) is 64.3 Å². The SMILES string of the molecule is COC(=O)c1c(NC(=O)c2ccc(OCCC(C)C)cc2)sc2c1CCCC2. The first-order valence-corrected chi connectivity index (χ1v) is 10.6. The number of methoxy groups -OCH3 is 1. The molecule has 1 aliphatic carbocycles. The summed E-state index contributed by atoms with van der Waals surface area (Å²) in [4.78, 5) is 26.2. The second-order valence-electron chi connectivity index (χ2n) is 7.42. The number of aryl methyl sites for hydroxylation is 1. The van der Waals surface area contributed by atoms with Crippen LogP contribution in [0.2, 0.25) is 0 Å². The number of nitrogens with one attached hydrogen (secondary N) is 1. The fourth-order valence-corrected chi connectivity index (χ4v) is 4.53. The number of hydrogen-bond acceptors (Lipinski definition) is 5. The molecule has 5 nitrogen and oxygen atoms in total. The third kappa shape index (κ3) is 4.73. The van der Waals surface area contributed by atoms with Crippen molar-refractivity contribution in [2.45, 2.75) is 46.0 Å². The van der Waals surface area contributed by atoms with Crippen molar-refractivity contribution >= 4 is 28.2 Å². The molecule has 0 radical (unpaired) electrons. The van der Waals surface area contributed by atoms with Crippen molar-refractivity contribution in [3.05, 3.63) is 45.8 Å². The highest BCUT2D eigenvalue weighted by molar-refractivity contribution is 7.17. The Morgan fingerprint density at radius 2 is 1.86 bits per heavy atom. The molecule has 0 fully saturated rings. The van der Waals surface area contributed by atoms with E-state index in [0.29, 0.717) is 28.7 Å². The highest BCUT2D eigenvalue weighted by Gasteiger charge is 2.27. The van der Waals surface area contributed by atoms with E-state index in [1.807, 2.05) is 0 Å². The van der Waals surface area contributed by atoms with Gasteiger partial charge in [-0.3, -0.25) is 4.79 Å². The smallest absolute Gasteiger partial charge is 0.341 e. The third-order valence-electron chi connectivity index (χ3n) is 4.87. The molecule has 0 unspecified atom stereocenters. The lowest BCUT2D eigenvalue weighted by atomic mass is 9.95. The third-order valence-corrected chi connectivity index (χ3v) is 6.08. The number of thiophene rings is 1. The number of carbonyl (C=O) groups is 2. The van der Waals surface area contributed by atoms with E-state index in [-0.39, 0.29) is 11.9 Å². The molecule has 0 aliphatic heterocycles. The molecule has 28 heavy (non-hydrogen) atoms. The van der Waals surface area contributed by atoms with Gasteiger partial charge in [-0.25, -0.2) is 4.79 Å². The number of amides is 1. The van der Waals surface area contributed by atoms with Gasteiger partial charge in [-0.05, 0) is 67.9 Å². The molecule has 3 rings (SSSR count). The molecule has 2 aromatic rings. The Morgan fingerprint density at radius 1 is 1.14 bits per heavy atom. The quantitative estimate of drug-likeness (QED) is 0.656. The summed E-state index contributed by atoms with van der Waals surface area (Å²) in [7, 11) is 1.37. The second kappa shape index (κ2) is 9.24. The number of rotatable bonds is 7.